The van der Waals surface area contributed by atoms with Gasteiger partial charge in [-0.3, -0.25) is 0 Å². The van der Waals surface area contributed by atoms with Crippen LogP contribution in [0.1, 0.15) is 20.8 Å². The van der Waals surface area contributed by atoms with E-state index in [1.807, 2.05) is 0 Å². The zero-order chi connectivity index (χ0) is 11.6. The van der Waals surface area contributed by atoms with E-state index < -0.39 is 0 Å². The normalized spacial score (nSPS) is 21.5. The van der Waals surface area contributed by atoms with Gasteiger partial charge in [0.15, 0.2) is 0 Å². The van der Waals surface area contributed by atoms with Gasteiger partial charge in [-0.2, -0.15) is 0 Å². The van der Waals surface area contributed by atoms with E-state index in [0.717, 1.165) is 0 Å². The molecule has 84 valence electrons. The lowest BCUT2D eigenvalue weighted by Crippen LogP contribution is -2.49. The van der Waals surface area contributed by atoms with Crippen LogP contribution in [-0.2, 0) is 9.53 Å². The Balaban J connectivity index is 3.02. The molecule has 0 aromatic heterocycles. The molecule has 0 radical (unpaired) electrons. The fraction of sp³-hybridized carbons (Fsp3) is 0.600. The molecule has 0 aromatic rings. The molecule has 0 bridgehead atoms. The first-order valence-electron chi connectivity index (χ1n) is 4.91. The highest BCUT2D eigenvalue weighted by molar-refractivity contribution is 5.94. The van der Waals surface area contributed by atoms with E-state index in [2.05, 4.69) is 5.32 Å². The van der Waals surface area contributed by atoms with Crippen LogP contribution in [0.3, 0.4) is 0 Å². The van der Waals surface area contributed by atoms with Crippen molar-refractivity contribution < 1.29 is 14.3 Å². The average Bonchev–Trinajstić information content (AvgIpc) is 2.15. The van der Waals surface area contributed by atoms with E-state index in [0.29, 0.717) is 17.9 Å². The maximum absolute atomic E-state index is 11.6. The summed E-state index contributed by atoms with van der Waals surface area (Å²) in [6.45, 7) is 5.59. The number of amides is 2. The molecule has 0 saturated carbocycles. The standard InChI is InChI=1S/C10H16N2O3/c1-5-15-9(13)8-6(2)11-10(14)12(4)7(8)3/h6H,5H2,1-4H3,(H,11,14). The molecular formula is C10H16N2O3. The maximum Gasteiger partial charge on any atom is 0.337 e. The Labute approximate surface area is 89.1 Å². The molecule has 1 rings (SSSR count). The Morgan fingerprint density at radius 2 is 2.20 bits per heavy atom. The average molecular weight is 212 g/mol. The maximum atomic E-state index is 11.6. The van der Waals surface area contributed by atoms with Gasteiger partial charge in [-0.1, -0.05) is 0 Å². The van der Waals surface area contributed by atoms with E-state index >= 15 is 0 Å². The Bertz CT molecular complexity index is 323. The van der Waals surface area contributed by atoms with Crippen LogP contribution >= 0.6 is 0 Å². The molecule has 0 fully saturated rings. The molecule has 0 spiro atoms. The number of allylic oxidation sites excluding steroid dienone is 1. The first-order chi connectivity index (χ1) is 6.99. The molecular weight excluding hydrogens is 196 g/mol. The number of urea groups is 1. The van der Waals surface area contributed by atoms with E-state index in [1.54, 1.807) is 27.8 Å². The van der Waals surface area contributed by atoms with Gasteiger partial charge in [0.2, 0.25) is 0 Å². The minimum atomic E-state index is -0.366. The third-order valence-corrected chi connectivity index (χ3v) is 2.47. The summed E-state index contributed by atoms with van der Waals surface area (Å²) in [7, 11) is 1.62. The molecule has 15 heavy (non-hydrogen) atoms. The van der Waals surface area contributed by atoms with Gasteiger partial charge in [-0.05, 0) is 20.8 Å². The molecule has 1 heterocycles. The predicted octanol–water partition coefficient (Wildman–Crippen LogP) is 0.867. The van der Waals surface area contributed by atoms with Crippen LogP contribution < -0.4 is 5.32 Å². The highest BCUT2D eigenvalue weighted by Gasteiger charge is 2.30. The van der Waals surface area contributed by atoms with E-state index in [-0.39, 0.29) is 18.0 Å². The van der Waals surface area contributed by atoms with Crippen molar-refractivity contribution in [2.45, 2.75) is 26.8 Å². The fourth-order valence-corrected chi connectivity index (χ4v) is 1.53. The summed E-state index contributed by atoms with van der Waals surface area (Å²) in [6.07, 6.45) is 0. The quantitative estimate of drug-likeness (QED) is 0.691. The highest BCUT2D eigenvalue weighted by Crippen LogP contribution is 2.18. The van der Waals surface area contributed by atoms with Gasteiger partial charge in [0, 0.05) is 12.7 Å². The molecule has 1 aliphatic rings. The largest absolute Gasteiger partial charge is 0.463 e. The number of ether oxygens (including phenoxy) is 1. The predicted molar refractivity (Wildman–Crippen MR) is 55.1 cm³/mol. The van der Waals surface area contributed by atoms with Gasteiger partial charge < -0.3 is 15.0 Å². The molecule has 0 aliphatic carbocycles. The molecule has 2 amide bonds. The van der Waals surface area contributed by atoms with Crippen molar-refractivity contribution in [1.82, 2.24) is 10.2 Å². The van der Waals surface area contributed by atoms with Crippen LogP contribution in [0.5, 0.6) is 0 Å². The summed E-state index contributed by atoms with van der Waals surface area (Å²) in [5, 5.41) is 2.68. The van der Waals surface area contributed by atoms with Crippen molar-refractivity contribution in [3.8, 4) is 0 Å². The minimum absolute atomic E-state index is 0.201. The first-order valence-corrected chi connectivity index (χ1v) is 4.91. The number of rotatable bonds is 2. The van der Waals surface area contributed by atoms with E-state index in [4.69, 9.17) is 4.74 Å². The Hall–Kier alpha value is -1.52. The Morgan fingerprint density at radius 3 is 2.73 bits per heavy atom. The van der Waals surface area contributed by atoms with Crippen LogP contribution in [0.4, 0.5) is 4.79 Å². The molecule has 1 atom stereocenters. The summed E-state index contributed by atoms with van der Waals surface area (Å²) < 4.78 is 4.93. The number of carbonyl (C=O) groups is 2. The van der Waals surface area contributed by atoms with Gasteiger partial charge in [0.1, 0.15) is 0 Å². The van der Waals surface area contributed by atoms with Crippen molar-refractivity contribution in [2.75, 3.05) is 13.7 Å². The highest BCUT2D eigenvalue weighted by atomic mass is 16.5. The minimum Gasteiger partial charge on any atom is -0.463 e. The third kappa shape index (κ3) is 2.11. The number of esters is 1. The first kappa shape index (κ1) is 11.6. The van der Waals surface area contributed by atoms with E-state index in [1.165, 1.54) is 4.90 Å². The third-order valence-electron chi connectivity index (χ3n) is 2.47. The molecule has 5 nitrogen and oxygen atoms in total. The van der Waals surface area contributed by atoms with Crippen molar-refractivity contribution in [2.24, 2.45) is 0 Å². The number of nitrogens with zero attached hydrogens (tertiary/aromatic N) is 1. The van der Waals surface area contributed by atoms with Gasteiger partial charge in [-0.15, -0.1) is 0 Å². The lowest BCUT2D eigenvalue weighted by molar-refractivity contribution is -0.139. The van der Waals surface area contributed by atoms with Crippen molar-refractivity contribution in [1.29, 1.82) is 0 Å². The fourth-order valence-electron chi connectivity index (χ4n) is 1.53. The SMILES string of the molecule is CCOC(=O)C1=C(C)N(C)C(=O)NC1C. The summed E-state index contributed by atoms with van der Waals surface area (Å²) in [5.41, 5.74) is 1.16. The Morgan fingerprint density at radius 1 is 1.60 bits per heavy atom. The molecule has 1 N–H and O–H groups in total. The second kappa shape index (κ2) is 4.33. The molecule has 0 saturated heterocycles. The van der Waals surface area contributed by atoms with Crippen LogP contribution in [0.15, 0.2) is 11.3 Å². The summed E-state index contributed by atoms with van der Waals surface area (Å²) in [6, 6.07) is -0.499. The summed E-state index contributed by atoms with van der Waals surface area (Å²) in [4.78, 5) is 24.4. The molecule has 1 aliphatic heterocycles. The van der Waals surface area contributed by atoms with Crippen molar-refractivity contribution in [3.05, 3.63) is 11.3 Å². The van der Waals surface area contributed by atoms with Crippen molar-refractivity contribution >= 4 is 12.0 Å². The number of hydrogen-bond donors (Lipinski definition) is 1. The lowest BCUT2D eigenvalue weighted by atomic mass is 10.0. The van der Waals surface area contributed by atoms with Crippen molar-refractivity contribution in [3.63, 3.8) is 0 Å². The van der Waals surface area contributed by atoms with Gasteiger partial charge in [0.25, 0.3) is 0 Å². The van der Waals surface area contributed by atoms with Gasteiger partial charge >= 0.3 is 12.0 Å². The van der Waals surface area contributed by atoms with Gasteiger partial charge in [0.05, 0.1) is 18.2 Å². The van der Waals surface area contributed by atoms with E-state index in [9.17, 15) is 9.59 Å². The number of hydrogen-bond acceptors (Lipinski definition) is 3. The van der Waals surface area contributed by atoms with Crippen LogP contribution in [0.25, 0.3) is 0 Å². The monoisotopic (exact) mass is 212 g/mol. The number of nitrogens with one attached hydrogen (secondary N) is 1. The molecule has 1 unspecified atom stereocenters. The van der Waals surface area contributed by atoms with Crippen LogP contribution in [0.2, 0.25) is 0 Å². The zero-order valence-corrected chi connectivity index (χ0v) is 9.46. The van der Waals surface area contributed by atoms with Gasteiger partial charge in [-0.25, -0.2) is 9.59 Å². The lowest BCUT2D eigenvalue weighted by Gasteiger charge is -2.30. The Kier molecular flexibility index (Phi) is 3.34. The second-order valence-electron chi connectivity index (χ2n) is 3.45. The van der Waals surface area contributed by atoms with Crippen LogP contribution in [0, 0.1) is 0 Å². The molecule has 5 heteroatoms. The summed E-state index contributed by atoms with van der Waals surface area (Å²) >= 11 is 0. The zero-order valence-electron chi connectivity index (χ0n) is 9.46. The second-order valence-corrected chi connectivity index (χ2v) is 3.45. The number of carbonyl (C=O) groups excluding carboxylic acids is 2. The topological polar surface area (TPSA) is 58.6 Å². The smallest absolute Gasteiger partial charge is 0.337 e. The summed E-state index contributed by atoms with van der Waals surface area (Å²) in [5.74, 6) is -0.366. The van der Waals surface area contributed by atoms with Crippen LogP contribution in [-0.4, -0.2) is 36.6 Å². The molecule has 0 aromatic carbocycles.